The highest BCUT2D eigenvalue weighted by molar-refractivity contribution is 5.77. The Morgan fingerprint density at radius 1 is 1.21 bits per heavy atom. The Morgan fingerprint density at radius 3 is 2.16 bits per heavy atom. The van der Waals surface area contributed by atoms with Gasteiger partial charge in [-0.25, -0.2) is 4.79 Å². The summed E-state index contributed by atoms with van der Waals surface area (Å²) in [6, 6.07) is 0. The molecule has 0 heterocycles. The van der Waals surface area contributed by atoms with E-state index in [0.29, 0.717) is 0 Å². The van der Waals surface area contributed by atoms with Gasteiger partial charge in [0.1, 0.15) is 5.60 Å². The van der Waals surface area contributed by atoms with Crippen LogP contribution >= 0.6 is 0 Å². The Balaban J connectivity index is 4.34. The van der Waals surface area contributed by atoms with Crippen molar-refractivity contribution in [1.29, 1.82) is 0 Å². The molecule has 1 amide bonds. The molecule has 0 bridgehead atoms. The van der Waals surface area contributed by atoms with E-state index >= 15 is 0 Å². The van der Waals surface area contributed by atoms with Crippen LogP contribution < -0.4 is 5.32 Å². The van der Waals surface area contributed by atoms with E-state index in [1.165, 1.54) is 0 Å². The first kappa shape index (κ1) is 17.7. The molecule has 0 aromatic carbocycles. The first-order valence-electron chi connectivity index (χ1n) is 6.33. The van der Waals surface area contributed by atoms with Gasteiger partial charge in [0.15, 0.2) is 0 Å². The maximum absolute atomic E-state index is 11.7. The number of ether oxygens (including phenoxy) is 2. The van der Waals surface area contributed by atoms with E-state index in [2.05, 4.69) is 5.32 Å². The van der Waals surface area contributed by atoms with Gasteiger partial charge in [-0.05, 0) is 41.5 Å². The Labute approximate surface area is 114 Å². The van der Waals surface area contributed by atoms with Gasteiger partial charge in [0.25, 0.3) is 0 Å². The van der Waals surface area contributed by atoms with Crippen LogP contribution in [0.3, 0.4) is 0 Å². The smallest absolute Gasteiger partial charge is 0.407 e. The van der Waals surface area contributed by atoms with Gasteiger partial charge >= 0.3 is 12.1 Å². The lowest BCUT2D eigenvalue weighted by Crippen LogP contribution is -2.46. The summed E-state index contributed by atoms with van der Waals surface area (Å²) in [4.78, 5) is 23.1. The molecule has 2 N–H and O–H groups in total. The van der Waals surface area contributed by atoms with Crippen LogP contribution in [0.2, 0.25) is 0 Å². The van der Waals surface area contributed by atoms with Crippen LogP contribution in [0.25, 0.3) is 0 Å². The topological polar surface area (TPSA) is 84.9 Å². The lowest BCUT2D eigenvalue weighted by Gasteiger charge is -2.28. The third-order valence-electron chi connectivity index (χ3n) is 2.47. The highest BCUT2D eigenvalue weighted by Crippen LogP contribution is 2.22. The molecule has 1 unspecified atom stereocenters. The van der Waals surface area contributed by atoms with Crippen molar-refractivity contribution < 1.29 is 24.2 Å². The second-order valence-electron chi connectivity index (χ2n) is 5.84. The molecule has 1 atom stereocenters. The second kappa shape index (κ2) is 6.75. The van der Waals surface area contributed by atoms with E-state index in [4.69, 9.17) is 9.47 Å². The number of aliphatic hydroxyl groups excluding tert-OH is 1. The van der Waals surface area contributed by atoms with Crippen molar-refractivity contribution >= 4 is 12.1 Å². The molecule has 0 aliphatic rings. The van der Waals surface area contributed by atoms with Gasteiger partial charge in [-0.1, -0.05) is 0 Å². The quantitative estimate of drug-likeness (QED) is 0.742. The number of carbonyl (C=O) groups is 2. The van der Waals surface area contributed by atoms with Crippen LogP contribution in [0.15, 0.2) is 0 Å². The van der Waals surface area contributed by atoms with E-state index in [1.54, 1.807) is 41.5 Å². The lowest BCUT2D eigenvalue weighted by molar-refractivity contribution is -0.159. The average molecular weight is 275 g/mol. The third kappa shape index (κ3) is 6.42. The predicted octanol–water partition coefficient (Wildman–Crippen LogP) is 1.46. The van der Waals surface area contributed by atoms with Crippen LogP contribution in [-0.2, 0) is 14.3 Å². The van der Waals surface area contributed by atoms with Crippen LogP contribution in [0.5, 0.6) is 0 Å². The number of alkyl carbamates (subject to hydrolysis) is 1. The number of hydrogen-bond acceptors (Lipinski definition) is 5. The van der Waals surface area contributed by atoms with E-state index in [9.17, 15) is 14.7 Å². The number of hydrogen-bond donors (Lipinski definition) is 2. The molecule has 0 aromatic heterocycles. The van der Waals surface area contributed by atoms with Crippen LogP contribution in [0, 0.1) is 5.41 Å². The van der Waals surface area contributed by atoms with Crippen molar-refractivity contribution in [3.63, 3.8) is 0 Å². The minimum Gasteiger partial charge on any atom is -0.466 e. The normalized spacial score (nSPS) is 13.6. The molecule has 0 aromatic rings. The Morgan fingerprint density at radius 2 is 1.74 bits per heavy atom. The van der Waals surface area contributed by atoms with E-state index in [1.807, 2.05) is 0 Å². The van der Waals surface area contributed by atoms with Gasteiger partial charge in [0.05, 0.1) is 18.1 Å². The minimum absolute atomic E-state index is 0.0826. The molecule has 0 fully saturated rings. The van der Waals surface area contributed by atoms with Gasteiger partial charge in [-0.3, -0.25) is 4.79 Å². The van der Waals surface area contributed by atoms with Gasteiger partial charge < -0.3 is 19.9 Å². The predicted molar refractivity (Wildman–Crippen MR) is 70.7 cm³/mol. The zero-order chi connectivity index (χ0) is 15.3. The van der Waals surface area contributed by atoms with Crippen molar-refractivity contribution in [2.45, 2.75) is 53.2 Å². The summed E-state index contributed by atoms with van der Waals surface area (Å²) in [7, 11) is 0. The fourth-order valence-electron chi connectivity index (χ4n) is 1.20. The summed E-state index contributed by atoms with van der Waals surface area (Å²) in [5, 5.41) is 12.4. The summed E-state index contributed by atoms with van der Waals surface area (Å²) in [5.74, 6) is -0.506. The monoisotopic (exact) mass is 275 g/mol. The molecule has 19 heavy (non-hydrogen) atoms. The molecule has 112 valence electrons. The molecule has 6 heteroatoms. The fourth-order valence-corrected chi connectivity index (χ4v) is 1.20. The molecular formula is C13H25NO5. The van der Waals surface area contributed by atoms with E-state index < -0.39 is 29.2 Å². The van der Waals surface area contributed by atoms with Gasteiger partial charge in [0.2, 0.25) is 0 Å². The van der Waals surface area contributed by atoms with Crippen molar-refractivity contribution in [2.24, 2.45) is 5.41 Å². The number of amides is 1. The molecule has 0 rings (SSSR count). The van der Waals surface area contributed by atoms with Gasteiger partial charge in [-0.15, -0.1) is 0 Å². The number of carbonyl (C=O) groups excluding carboxylic acids is 2. The second-order valence-corrected chi connectivity index (χ2v) is 5.84. The zero-order valence-corrected chi connectivity index (χ0v) is 12.6. The van der Waals surface area contributed by atoms with Crippen molar-refractivity contribution in [3.8, 4) is 0 Å². The molecular weight excluding hydrogens is 250 g/mol. The Hall–Kier alpha value is -1.30. The summed E-state index contributed by atoms with van der Waals surface area (Å²) in [6.45, 7) is 10.2. The molecule has 0 aliphatic carbocycles. The maximum Gasteiger partial charge on any atom is 0.407 e. The number of nitrogens with one attached hydrogen (secondary N) is 1. The lowest BCUT2D eigenvalue weighted by atomic mass is 9.86. The van der Waals surface area contributed by atoms with Crippen LogP contribution in [0.4, 0.5) is 4.79 Å². The number of aliphatic hydroxyl groups is 1. The Kier molecular flexibility index (Phi) is 6.29. The standard InChI is InChI=1S/C13H25NO5/c1-7-18-10(16)13(5,6)9(15)8-14-11(17)19-12(2,3)4/h9,15H,7-8H2,1-6H3,(H,14,17). The molecule has 6 nitrogen and oxygen atoms in total. The van der Waals surface area contributed by atoms with Gasteiger partial charge in [-0.2, -0.15) is 0 Å². The third-order valence-corrected chi connectivity index (χ3v) is 2.47. The zero-order valence-electron chi connectivity index (χ0n) is 12.6. The minimum atomic E-state index is -1.09. The van der Waals surface area contributed by atoms with Crippen molar-refractivity contribution in [2.75, 3.05) is 13.2 Å². The highest BCUT2D eigenvalue weighted by Gasteiger charge is 2.37. The summed E-state index contributed by atoms with van der Waals surface area (Å²) >= 11 is 0. The van der Waals surface area contributed by atoms with Crippen molar-refractivity contribution in [3.05, 3.63) is 0 Å². The summed E-state index contributed by atoms with van der Waals surface area (Å²) in [6.07, 6.45) is -1.69. The molecule has 0 saturated heterocycles. The van der Waals surface area contributed by atoms with Gasteiger partial charge in [0, 0.05) is 6.54 Å². The van der Waals surface area contributed by atoms with E-state index in [-0.39, 0.29) is 13.2 Å². The number of esters is 1. The SMILES string of the molecule is CCOC(=O)C(C)(C)C(O)CNC(=O)OC(C)(C)C. The number of rotatable bonds is 5. The average Bonchev–Trinajstić information content (AvgIpc) is 2.23. The maximum atomic E-state index is 11.7. The largest absolute Gasteiger partial charge is 0.466 e. The summed E-state index contributed by atoms with van der Waals surface area (Å²) < 4.78 is 9.90. The van der Waals surface area contributed by atoms with Crippen molar-refractivity contribution in [1.82, 2.24) is 5.32 Å². The van der Waals surface area contributed by atoms with Crippen LogP contribution in [0.1, 0.15) is 41.5 Å². The first-order valence-corrected chi connectivity index (χ1v) is 6.33. The summed E-state index contributed by atoms with van der Waals surface area (Å²) in [5.41, 5.74) is -1.70. The Bertz CT molecular complexity index is 319. The van der Waals surface area contributed by atoms with E-state index in [0.717, 1.165) is 0 Å². The molecule has 0 spiro atoms. The molecule has 0 saturated carbocycles. The first-order chi connectivity index (χ1) is 8.50. The fraction of sp³-hybridized carbons (Fsp3) is 0.846. The molecule has 0 radical (unpaired) electrons. The highest BCUT2D eigenvalue weighted by atomic mass is 16.6. The molecule has 0 aliphatic heterocycles. The van der Waals surface area contributed by atoms with Crippen LogP contribution in [-0.4, -0.2) is 42.0 Å².